The summed E-state index contributed by atoms with van der Waals surface area (Å²) in [4.78, 5) is 34.6. The van der Waals surface area contributed by atoms with E-state index in [1.54, 1.807) is 12.4 Å². The van der Waals surface area contributed by atoms with Crippen molar-refractivity contribution in [1.82, 2.24) is 14.9 Å². The van der Waals surface area contributed by atoms with E-state index in [1.165, 1.54) is 17.5 Å². The van der Waals surface area contributed by atoms with Gasteiger partial charge < -0.3 is 10.6 Å². The predicted molar refractivity (Wildman–Crippen MR) is 86.9 cm³/mol. The first-order valence-electron chi connectivity index (χ1n) is 7.59. The lowest BCUT2D eigenvalue weighted by Crippen LogP contribution is -2.39. The Hall–Kier alpha value is -2.28. The molecular weight excluding hydrogens is 312 g/mol. The second kappa shape index (κ2) is 6.87. The molecule has 2 N–H and O–H groups in total. The molecule has 2 aromatic heterocycles. The summed E-state index contributed by atoms with van der Waals surface area (Å²) >= 11 is 1.28. The Balaban J connectivity index is 1.77. The van der Waals surface area contributed by atoms with Crippen LogP contribution in [-0.4, -0.2) is 33.2 Å². The Morgan fingerprint density at radius 2 is 2.22 bits per heavy atom. The van der Waals surface area contributed by atoms with E-state index in [2.05, 4.69) is 9.97 Å². The van der Waals surface area contributed by atoms with Crippen molar-refractivity contribution in [3.63, 3.8) is 0 Å². The zero-order valence-electron chi connectivity index (χ0n) is 12.6. The van der Waals surface area contributed by atoms with E-state index >= 15 is 0 Å². The van der Waals surface area contributed by atoms with Crippen molar-refractivity contribution < 1.29 is 9.59 Å². The number of thiazole rings is 1. The monoisotopic (exact) mass is 330 g/mol. The van der Waals surface area contributed by atoms with Gasteiger partial charge in [-0.15, -0.1) is 11.3 Å². The number of rotatable bonds is 4. The minimum absolute atomic E-state index is 0.0639. The lowest BCUT2D eigenvalue weighted by atomic mass is 10.0. The second-order valence-corrected chi connectivity index (χ2v) is 6.63. The smallest absolute Gasteiger partial charge is 0.260 e. The van der Waals surface area contributed by atoms with Crippen LogP contribution < -0.4 is 5.73 Å². The number of piperidine rings is 1. The quantitative estimate of drug-likeness (QED) is 0.927. The molecule has 1 atom stereocenters. The van der Waals surface area contributed by atoms with Crippen LogP contribution >= 0.6 is 11.3 Å². The van der Waals surface area contributed by atoms with E-state index in [4.69, 9.17) is 5.73 Å². The topological polar surface area (TPSA) is 89.2 Å². The molecule has 2 aromatic rings. The molecule has 0 aromatic carbocycles. The molecule has 120 valence electrons. The van der Waals surface area contributed by atoms with E-state index in [9.17, 15) is 9.59 Å². The molecule has 3 heterocycles. The second-order valence-electron chi connectivity index (χ2n) is 5.56. The molecule has 6 nitrogen and oxygen atoms in total. The molecule has 1 unspecified atom stereocenters. The average Bonchev–Trinajstić information content (AvgIpc) is 3.06. The van der Waals surface area contributed by atoms with Crippen LogP contribution in [0.3, 0.4) is 0 Å². The molecule has 0 spiro atoms. The van der Waals surface area contributed by atoms with Gasteiger partial charge in [-0.05, 0) is 30.9 Å². The summed E-state index contributed by atoms with van der Waals surface area (Å²) in [6.45, 7) is 0.718. The number of amides is 2. The largest absolute Gasteiger partial charge is 0.365 e. The summed E-state index contributed by atoms with van der Waals surface area (Å²) in [5.41, 5.74) is 6.20. The van der Waals surface area contributed by atoms with Crippen LogP contribution in [0, 0.1) is 0 Å². The zero-order chi connectivity index (χ0) is 16.2. The first-order chi connectivity index (χ1) is 11.1. The number of likely N-dealkylation sites (tertiary alicyclic amines) is 1. The van der Waals surface area contributed by atoms with E-state index in [0.717, 1.165) is 36.4 Å². The van der Waals surface area contributed by atoms with Crippen LogP contribution in [0.2, 0.25) is 0 Å². The van der Waals surface area contributed by atoms with Gasteiger partial charge in [0.1, 0.15) is 9.88 Å². The summed E-state index contributed by atoms with van der Waals surface area (Å²) in [6.07, 6.45) is 8.14. The molecule has 3 rings (SSSR count). The maximum absolute atomic E-state index is 12.7. The van der Waals surface area contributed by atoms with Gasteiger partial charge >= 0.3 is 0 Å². The molecule has 0 saturated carbocycles. The van der Waals surface area contributed by atoms with E-state index in [1.807, 2.05) is 17.0 Å². The highest BCUT2D eigenvalue weighted by molar-refractivity contribution is 7.13. The van der Waals surface area contributed by atoms with Gasteiger partial charge in [-0.2, -0.15) is 0 Å². The van der Waals surface area contributed by atoms with Gasteiger partial charge in [-0.25, -0.2) is 4.98 Å². The molecule has 1 aliphatic heterocycles. The standard InChI is InChI=1S/C16H18N4O2S/c17-15(22)13-10-19-16(23-13)12-5-1-2-7-20(12)14(21)8-11-4-3-6-18-9-11/h3-4,6,9-10,12H,1-2,5,7-8H2,(H2,17,22). The van der Waals surface area contributed by atoms with Crippen LogP contribution in [-0.2, 0) is 11.2 Å². The van der Waals surface area contributed by atoms with Crippen LogP contribution in [0.4, 0.5) is 0 Å². The Morgan fingerprint density at radius 1 is 1.35 bits per heavy atom. The Kier molecular flexibility index (Phi) is 4.66. The third-order valence-electron chi connectivity index (χ3n) is 3.95. The minimum Gasteiger partial charge on any atom is -0.365 e. The van der Waals surface area contributed by atoms with Gasteiger partial charge in [-0.3, -0.25) is 14.6 Å². The van der Waals surface area contributed by atoms with Crippen molar-refractivity contribution in [1.29, 1.82) is 0 Å². The van der Waals surface area contributed by atoms with Gasteiger partial charge in [0.25, 0.3) is 5.91 Å². The molecule has 23 heavy (non-hydrogen) atoms. The summed E-state index contributed by atoms with van der Waals surface area (Å²) in [7, 11) is 0. The summed E-state index contributed by atoms with van der Waals surface area (Å²) in [5, 5.41) is 0.790. The first kappa shape index (κ1) is 15.6. The molecule has 0 radical (unpaired) electrons. The number of aromatic nitrogens is 2. The molecule has 1 saturated heterocycles. The van der Waals surface area contributed by atoms with Crippen molar-refractivity contribution >= 4 is 23.2 Å². The zero-order valence-corrected chi connectivity index (χ0v) is 13.5. The molecule has 7 heteroatoms. The first-order valence-corrected chi connectivity index (χ1v) is 8.40. The molecular formula is C16H18N4O2S. The fourth-order valence-electron chi connectivity index (χ4n) is 2.82. The number of hydrogen-bond acceptors (Lipinski definition) is 5. The lowest BCUT2D eigenvalue weighted by molar-refractivity contribution is -0.134. The van der Waals surface area contributed by atoms with Crippen molar-refractivity contribution in [3.8, 4) is 0 Å². The third-order valence-corrected chi connectivity index (χ3v) is 5.07. The molecule has 1 fully saturated rings. The van der Waals surface area contributed by atoms with Crippen molar-refractivity contribution in [2.45, 2.75) is 31.7 Å². The number of primary amides is 1. The van der Waals surface area contributed by atoms with E-state index in [-0.39, 0.29) is 11.9 Å². The van der Waals surface area contributed by atoms with Gasteiger partial charge in [0.15, 0.2) is 0 Å². The number of hydrogen-bond donors (Lipinski definition) is 1. The predicted octanol–water partition coefficient (Wildman–Crippen LogP) is 1.93. The van der Waals surface area contributed by atoms with Crippen LogP contribution in [0.25, 0.3) is 0 Å². The fourth-order valence-corrected chi connectivity index (χ4v) is 3.74. The number of nitrogens with zero attached hydrogens (tertiary/aromatic N) is 3. The van der Waals surface area contributed by atoms with E-state index in [0.29, 0.717) is 11.3 Å². The maximum Gasteiger partial charge on any atom is 0.260 e. The highest BCUT2D eigenvalue weighted by Gasteiger charge is 2.30. The Morgan fingerprint density at radius 3 is 2.91 bits per heavy atom. The number of pyridine rings is 1. The highest BCUT2D eigenvalue weighted by Crippen LogP contribution is 2.33. The maximum atomic E-state index is 12.7. The Labute approximate surface area is 138 Å². The van der Waals surface area contributed by atoms with Crippen molar-refractivity contribution in [2.24, 2.45) is 5.73 Å². The SMILES string of the molecule is NC(=O)c1cnc(C2CCCCN2C(=O)Cc2cccnc2)s1. The van der Waals surface area contributed by atoms with Gasteiger partial charge in [0.05, 0.1) is 18.7 Å². The summed E-state index contributed by atoms with van der Waals surface area (Å²) in [6, 6.07) is 3.67. The van der Waals surface area contributed by atoms with Crippen molar-refractivity contribution in [3.05, 3.63) is 46.2 Å². The lowest BCUT2D eigenvalue weighted by Gasteiger charge is -2.34. The third kappa shape index (κ3) is 3.56. The minimum atomic E-state index is -0.474. The average molecular weight is 330 g/mol. The molecule has 2 amide bonds. The molecule has 0 aliphatic carbocycles. The summed E-state index contributed by atoms with van der Waals surface area (Å²) in [5.74, 6) is -0.406. The molecule has 1 aliphatic rings. The number of carbonyl (C=O) groups excluding carboxylic acids is 2. The molecule has 0 bridgehead atoms. The van der Waals surface area contributed by atoms with Gasteiger partial charge in [-0.1, -0.05) is 6.07 Å². The number of carbonyl (C=O) groups is 2. The van der Waals surface area contributed by atoms with Crippen LogP contribution in [0.5, 0.6) is 0 Å². The normalized spacial score (nSPS) is 17.9. The summed E-state index contributed by atoms with van der Waals surface area (Å²) < 4.78 is 0. The van der Waals surface area contributed by atoms with Gasteiger partial charge in [0.2, 0.25) is 5.91 Å². The van der Waals surface area contributed by atoms with Gasteiger partial charge in [0, 0.05) is 18.9 Å². The number of nitrogens with two attached hydrogens (primary N) is 1. The van der Waals surface area contributed by atoms with Crippen LogP contribution in [0.1, 0.15) is 45.5 Å². The van der Waals surface area contributed by atoms with E-state index < -0.39 is 5.91 Å². The highest BCUT2D eigenvalue weighted by atomic mass is 32.1. The Bertz CT molecular complexity index is 701. The van der Waals surface area contributed by atoms with Crippen LogP contribution in [0.15, 0.2) is 30.7 Å². The fraction of sp³-hybridized carbons (Fsp3) is 0.375. The van der Waals surface area contributed by atoms with Crippen molar-refractivity contribution in [2.75, 3.05) is 6.54 Å².